The van der Waals surface area contributed by atoms with Gasteiger partial charge in [0.25, 0.3) is 0 Å². The zero-order valence-electron chi connectivity index (χ0n) is 11.6. The number of nitrogens with zero attached hydrogens (tertiary/aromatic N) is 2. The van der Waals surface area contributed by atoms with E-state index < -0.39 is 0 Å². The van der Waals surface area contributed by atoms with Crippen LogP contribution >= 0.6 is 15.9 Å². The fourth-order valence-corrected chi connectivity index (χ4v) is 2.51. The van der Waals surface area contributed by atoms with E-state index in [2.05, 4.69) is 31.2 Å². The highest BCUT2D eigenvalue weighted by Gasteiger charge is 2.10. The van der Waals surface area contributed by atoms with Crippen molar-refractivity contribution in [1.29, 1.82) is 0 Å². The second-order valence-corrected chi connectivity index (χ2v) is 5.69. The molecule has 1 aromatic heterocycles. The molecule has 2 aromatic carbocycles. The summed E-state index contributed by atoms with van der Waals surface area (Å²) in [4.78, 5) is 9.02. The lowest BCUT2D eigenvalue weighted by Crippen LogP contribution is -1.99. The normalized spacial score (nSPS) is 10.9. The molecule has 3 aromatic rings. The first-order valence-electron chi connectivity index (χ1n) is 6.50. The smallest absolute Gasteiger partial charge is 0.162 e. The van der Waals surface area contributed by atoms with E-state index in [4.69, 9.17) is 0 Å². The number of hydrogen-bond acceptors (Lipinski definition) is 3. The molecule has 0 aliphatic carbocycles. The van der Waals surface area contributed by atoms with E-state index in [0.29, 0.717) is 17.0 Å². The Morgan fingerprint density at radius 2 is 1.90 bits per heavy atom. The zero-order valence-corrected chi connectivity index (χ0v) is 13.2. The first kappa shape index (κ1) is 13.9. The van der Waals surface area contributed by atoms with E-state index in [-0.39, 0.29) is 5.82 Å². The number of aryl methyl sites for hydroxylation is 1. The Balaban J connectivity index is 2.23. The number of hydrogen-bond donors (Lipinski definition) is 1. The summed E-state index contributed by atoms with van der Waals surface area (Å²) >= 11 is 3.44. The highest BCUT2D eigenvalue weighted by molar-refractivity contribution is 9.10. The summed E-state index contributed by atoms with van der Waals surface area (Å²) in [6.45, 7) is 1.73. The SMILES string of the molecule is CNc1nc(-c2ccc(C)c(F)c2)nc2ccc(Br)cc12. The van der Waals surface area contributed by atoms with Crippen molar-refractivity contribution in [3.05, 3.63) is 52.3 Å². The lowest BCUT2D eigenvalue weighted by Gasteiger charge is -2.09. The van der Waals surface area contributed by atoms with E-state index in [9.17, 15) is 4.39 Å². The van der Waals surface area contributed by atoms with Crippen LogP contribution in [0.25, 0.3) is 22.3 Å². The van der Waals surface area contributed by atoms with Gasteiger partial charge < -0.3 is 5.32 Å². The van der Waals surface area contributed by atoms with Crippen LogP contribution in [0.1, 0.15) is 5.56 Å². The maximum Gasteiger partial charge on any atom is 0.162 e. The van der Waals surface area contributed by atoms with E-state index in [1.165, 1.54) is 6.07 Å². The third-order valence-electron chi connectivity index (χ3n) is 3.32. The number of fused-ring (bicyclic) bond motifs is 1. The topological polar surface area (TPSA) is 37.8 Å². The summed E-state index contributed by atoms with van der Waals surface area (Å²) < 4.78 is 14.7. The van der Waals surface area contributed by atoms with Gasteiger partial charge in [-0.2, -0.15) is 0 Å². The Hall–Kier alpha value is -2.01. The molecule has 106 valence electrons. The summed E-state index contributed by atoms with van der Waals surface area (Å²) in [5.74, 6) is 0.975. The van der Waals surface area contributed by atoms with Crippen molar-refractivity contribution < 1.29 is 4.39 Å². The summed E-state index contributed by atoms with van der Waals surface area (Å²) in [5, 5.41) is 3.99. The Morgan fingerprint density at radius 1 is 1.10 bits per heavy atom. The quantitative estimate of drug-likeness (QED) is 0.740. The van der Waals surface area contributed by atoms with Gasteiger partial charge in [-0.25, -0.2) is 14.4 Å². The van der Waals surface area contributed by atoms with Crippen molar-refractivity contribution in [2.24, 2.45) is 0 Å². The van der Waals surface area contributed by atoms with Crippen LogP contribution in [-0.2, 0) is 0 Å². The zero-order chi connectivity index (χ0) is 15.0. The molecule has 0 saturated carbocycles. The minimum Gasteiger partial charge on any atom is -0.373 e. The molecule has 1 N–H and O–H groups in total. The molecule has 3 nitrogen and oxygen atoms in total. The first-order chi connectivity index (χ1) is 10.1. The average Bonchev–Trinajstić information content (AvgIpc) is 2.49. The lowest BCUT2D eigenvalue weighted by molar-refractivity contribution is 0.619. The molecule has 0 bridgehead atoms. The summed E-state index contributed by atoms with van der Waals surface area (Å²) in [6, 6.07) is 10.8. The van der Waals surface area contributed by atoms with Crippen LogP contribution in [0.15, 0.2) is 40.9 Å². The van der Waals surface area contributed by atoms with Gasteiger partial charge in [0.05, 0.1) is 5.52 Å². The van der Waals surface area contributed by atoms with Crippen molar-refractivity contribution in [1.82, 2.24) is 9.97 Å². The van der Waals surface area contributed by atoms with Crippen molar-refractivity contribution >= 4 is 32.7 Å². The van der Waals surface area contributed by atoms with Crippen LogP contribution in [0.4, 0.5) is 10.2 Å². The fraction of sp³-hybridized carbons (Fsp3) is 0.125. The average molecular weight is 346 g/mol. The molecule has 0 saturated heterocycles. The molecule has 0 fully saturated rings. The Morgan fingerprint density at radius 3 is 2.62 bits per heavy atom. The van der Waals surface area contributed by atoms with Gasteiger partial charge in [-0.1, -0.05) is 28.1 Å². The van der Waals surface area contributed by atoms with Gasteiger partial charge >= 0.3 is 0 Å². The van der Waals surface area contributed by atoms with Crippen molar-refractivity contribution in [2.75, 3.05) is 12.4 Å². The fourth-order valence-electron chi connectivity index (χ4n) is 2.15. The maximum atomic E-state index is 13.7. The molecular formula is C16H13BrFN3. The van der Waals surface area contributed by atoms with Crippen molar-refractivity contribution in [3.63, 3.8) is 0 Å². The number of benzene rings is 2. The van der Waals surface area contributed by atoms with Gasteiger partial charge in [0.1, 0.15) is 11.6 Å². The van der Waals surface area contributed by atoms with Gasteiger partial charge in [0, 0.05) is 22.5 Å². The van der Waals surface area contributed by atoms with Crippen molar-refractivity contribution in [3.8, 4) is 11.4 Å². The Kier molecular flexibility index (Phi) is 3.59. The van der Waals surface area contributed by atoms with E-state index >= 15 is 0 Å². The maximum absolute atomic E-state index is 13.7. The number of nitrogens with one attached hydrogen (secondary N) is 1. The van der Waals surface area contributed by atoms with Gasteiger partial charge in [-0.3, -0.25) is 0 Å². The number of aromatic nitrogens is 2. The van der Waals surface area contributed by atoms with Gasteiger partial charge in [0.2, 0.25) is 0 Å². The van der Waals surface area contributed by atoms with E-state index in [1.807, 2.05) is 31.3 Å². The second kappa shape index (κ2) is 5.41. The molecular weight excluding hydrogens is 333 g/mol. The Bertz CT molecular complexity index is 833. The molecule has 0 unspecified atom stereocenters. The molecule has 5 heteroatoms. The highest BCUT2D eigenvalue weighted by atomic mass is 79.9. The second-order valence-electron chi connectivity index (χ2n) is 4.77. The minimum atomic E-state index is -0.252. The minimum absolute atomic E-state index is 0.252. The molecule has 1 heterocycles. The van der Waals surface area contributed by atoms with Crippen LogP contribution < -0.4 is 5.32 Å². The monoisotopic (exact) mass is 345 g/mol. The standard InChI is InChI=1S/C16H13BrFN3/c1-9-3-4-10(7-13(9)18)15-20-14-6-5-11(17)8-12(14)16(19-2)21-15/h3-8H,1-2H3,(H,19,20,21). The molecule has 3 rings (SSSR count). The molecule has 0 atom stereocenters. The summed E-state index contributed by atoms with van der Waals surface area (Å²) in [5.41, 5.74) is 2.09. The van der Waals surface area contributed by atoms with Gasteiger partial charge in [0.15, 0.2) is 5.82 Å². The molecule has 0 spiro atoms. The molecule has 0 amide bonds. The lowest BCUT2D eigenvalue weighted by atomic mass is 10.1. The number of anilines is 1. The predicted octanol–water partition coefficient (Wildman–Crippen LogP) is 4.55. The third-order valence-corrected chi connectivity index (χ3v) is 3.82. The van der Waals surface area contributed by atoms with Crippen molar-refractivity contribution in [2.45, 2.75) is 6.92 Å². The van der Waals surface area contributed by atoms with Crippen LogP contribution in [0.5, 0.6) is 0 Å². The van der Waals surface area contributed by atoms with Crippen LogP contribution in [0.2, 0.25) is 0 Å². The van der Waals surface area contributed by atoms with Crippen LogP contribution in [0.3, 0.4) is 0 Å². The highest BCUT2D eigenvalue weighted by Crippen LogP contribution is 2.27. The summed E-state index contributed by atoms with van der Waals surface area (Å²) in [6.07, 6.45) is 0. The van der Waals surface area contributed by atoms with Gasteiger partial charge in [-0.15, -0.1) is 0 Å². The predicted molar refractivity (Wildman–Crippen MR) is 86.9 cm³/mol. The molecule has 0 radical (unpaired) electrons. The third kappa shape index (κ3) is 2.61. The van der Waals surface area contributed by atoms with Crippen LogP contribution in [-0.4, -0.2) is 17.0 Å². The van der Waals surface area contributed by atoms with Gasteiger partial charge in [-0.05, 0) is 36.8 Å². The Labute approximate surface area is 130 Å². The largest absolute Gasteiger partial charge is 0.373 e. The summed E-state index contributed by atoms with van der Waals surface area (Å²) in [7, 11) is 1.81. The number of halogens is 2. The molecule has 0 aliphatic rings. The van der Waals surface area contributed by atoms with E-state index in [1.54, 1.807) is 13.0 Å². The number of rotatable bonds is 2. The first-order valence-corrected chi connectivity index (χ1v) is 7.29. The molecule has 21 heavy (non-hydrogen) atoms. The van der Waals surface area contributed by atoms with E-state index in [0.717, 1.165) is 21.2 Å². The van der Waals surface area contributed by atoms with Crippen LogP contribution in [0, 0.1) is 12.7 Å². The molecule has 0 aliphatic heterocycles.